The lowest BCUT2D eigenvalue weighted by atomic mass is 10.2. The molecule has 0 spiro atoms. The number of pyridine rings is 1. The van der Waals surface area contributed by atoms with Gasteiger partial charge < -0.3 is 15.0 Å². The maximum atomic E-state index is 10.9. The van der Waals surface area contributed by atoms with Crippen LogP contribution in [0.5, 0.6) is 0 Å². The Morgan fingerprint density at radius 3 is 2.56 bits per heavy atom. The molecular weight excluding hydrogens is 232 g/mol. The Kier molecular flexibility index (Phi) is 3.76. The molecule has 0 radical (unpaired) electrons. The van der Waals surface area contributed by atoms with Crippen LogP contribution < -0.4 is 4.90 Å². The van der Waals surface area contributed by atoms with Gasteiger partial charge in [0.1, 0.15) is 11.9 Å². The van der Waals surface area contributed by atoms with Crippen molar-refractivity contribution < 1.29 is 4.92 Å². The molecule has 1 fully saturated rings. The average Bonchev–Trinajstić information content (AvgIpc) is 2.39. The minimum Gasteiger partial charge on any atom is -0.362 e. The first kappa shape index (κ1) is 12.8. The lowest BCUT2D eigenvalue weighted by Crippen LogP contribution is -2.49. The monoisotopic (exact) mass is 250 g/mol. The molecule has 0 aliphatic carbocycles. The van der Waals surface area contributed by atoms with Crippen LogP contribution in [0.1, 0.15) is 13.8 Å². The van der Waals surface area contributed by atoms with Gasteiger partial charge in [-0.25, -0.2) is 0 Å². The zero-order valence-electron chi connectivity index (χ0n) is 10.7. The molecule has 2 rings (SSSR count). The van der Waals surface area contributed by atoms with Gasteiger partial charge in [-0.1, -0.05) is 0 Å². The number of hydrogen-bond acceptors (Lipinski definition) is 5. The predicted octanol–water partition coefficient (Wildman–Crippen LogP) is 1.52. The van der Waals surface area contributed by atoms with Gasteiger partial charge in [0.2, 0.25) is 0 Å². The van der Waals surface area contributed by atoms with Crippen LogP contribution in [0.3, 0.4) is 0 Å². The molecule has 0 unspecified atom stereocenters. The first-order valence-electron chi connectivity index (χ1n) is 6.18. The highest BCUT2D eigenvalue weighted by Gasteiger charge is 2.24. The molecule has 1 aliphatic heterocycles. The number of nitrogens with zero attached hydrogens (tertiary/aromatic N) is 4. The number of anilines is 1. The van der Waals surface area contributed by atoms with Crippen molar-refractivity contribution in [3.8, 4) is 0 Å². The van der Waals surface area contributed by atoms with E-state index < -0.39 is 4.92 Å². The van der Waals surface area contributed by atoms with E-state index in [4.69, 9.17) is 0 Å². The fourth-order valence-electron chi connectivity index (χ4n) is 2.26. The van der Waals surface area contributed by atoms with Crippen LogP contribution in [0.15, 0.2) is 18.3 Å². The molecule has 1 saturated heterocycles. The van der Waals surface area contributed by atoms with Crippen molar-refractivity contribution in [2.45, 2.75) is 19.9 Å². The van der Waals surface area contributed by atoms with Gasteiger partial charge in [-0.2, -0.15) is 0 Å². The Balaban J connectivity index is 2.12. The van der Waals surface area contributed by atoms with Crippen molar-refractivity contribution in [3.63, 3.8) is 0 Å². The van der Waals surface area contributed by atoms with Crippen LogP contribution in [-0.4, -0.2) is 47.0 Å². The summed E-state index contributed by atoms with van der Waals surface area (Å²) < 4.78 is 0. The number of nitro groups is 1. The molecule has 0 N–H and O–H groups in total. The molecule has 0 atom stereocenters. The summed E-state index contributed by atoms with van der Waals surface area (Å²) in [6.45, 7) is 7.83. The fourth-order valence-corrected chi connectivity index (χ4v) is 2.26. The maximum absolute atomic E-state index is 10.9. The van der Waals surface area contributed by atoms with Crippen molar-refractivity contribution in [1.29, 1.82) is 0 Å². The third-order valence-electron chi connectivity index (χ3n) is 3.32. The molecule has 98 valence electrons. The van der Waals surface area contributed by atoms with E-state index in [1.165, 1.54) is 6.20 Å². The van der Waals surface area contributed by atoms with Gasteiger partial charge in [-0.15, -0.1) is 0 Å². The smallest absolute Gasteiger partial charge is 0.362 e. The van der Waals surface area contributed by atoms with Crippen LogP contribution in [0.4, 0.5) is 11.5 Å². The summed E-state index contributed by atoms with van der Waals surface area (Å²) in [5.74, 6) is -0.0458. The number of rotatable bonds is 3. The number of piperazine rings is 1. The van der Waals surface area contributed by atoms with Gasteiger partial charge in [-0.3, -0.25) is 4.90 Å². The third-order valence-corrected chi connectivity index (χ3v) is 3.32. The number of aromatic nitrogens is 1. The Morgan fingerprint density at radius 1 is 1.33 bits per heavy atom. The van der Waals surface area contributed by atoms with Crippen molar-refractivity contribution in [3.05, 3.63) is 28.4 Å². The first-order chi connectivity index (χ1) is 8.59. The molecule has 1 aromatic heterocycles. The van der Waals surface area contributed by atoms with Crippen molar-refractivity contribution in [1.82, 2.24) is 9.88 Å². The van der Waals surface area contributed by atoms with Crippen LogP contribution in [0.25, 0.3) is 0 Å². The standard InChI is InChI=1S/C12H18N4O2/c1-10(2)14-6-8-15(9-7-14)11-4-3-5-13-12(11)16(17)18/h3-5,10H,6-9H2,1-2H3. The van der Waals surface area contributed by atoms with E-state index >= 15 is 0 Å². The second-order valence-electron chi connectivity index (χ2n) is 4.72. The molecule has 6 heteroatoms. The van der Waals surface area contributed by atoms with E-state index in [0.717, 1.165) is 26.2 Å². The highest BCUT2D eigenvalue weighted by atomic mass is 16.6. The van der Waals surface area contributed by atoms with Gasteiger partial charge in [0.15, 0.2) is 0 Å². The maximum Gasteiger partial charge on any atom is 0.387 e. The fraction of sp³-hybridized carbons (Fsp3) is 0.583. The summed E-state index contributed by atoms with van der Waals surface area (Å²) in [6.07, 6.45) is 1.46. The molecule has 1 aliphatic rings. The molecule has 0 bridgehead atoms. The molecule has 0 saturated carbocycles. The highest BCUT2D eigenvalue weighted by Crippen LogP contribution is 2.26. The van der Waals surface area contributed by atoms with E-state index in [1.54, 1.807) is 12.1 Å². The van der Waals surface area contributed by atoms with Crippen LogP contribution >= 0.6 is 0 Å². The lowest BCUT2D eigenvalue weighted by Gasteiger charge is -2.37. The van der Waals surface area contributed by atoms with E-state index in [1.807, 2.05) is 4.90 Å². The average molecular weight is 250 g/mol. The molecule has 1 aromatic rings. The molecule has 2 heterocycles. The first-order valence-corrected chi connectivity index (χ1v) is 6.18. The predicted molar refractivity (Wildman–Crippen MR) is 69.8 cm³/mol. The van der Waals surface area contributed by atoms with Crippen molar-refractivity contribution in [2.75, 3.05) is 31.1 Å². The minimum absolute atomic E-state index is 0.0458. The lowest BCUT2D eigenvalue weighted by molar-refractivity contribution is -0.388. The SMILES string of the molecule is CC(C)N1CCN(c2cccnc2[N+](=O)[O-])CC1. The van der Waals surface area contributed by atoms with E-state index in [9.17, 15) is 10.1 Å². The summed E-state index contributed by atoms with van der Waals surface area (Å²) in [4.78, 5) is 18.8. The minimum atomic E-state index is -0.413. The zero-order chi connectivity index (χ0) is 13.1. The topological polar surface area (TPSA) is 62.5 Å². The third kappa shape index (κ3) is 2.59. The zero-order valence-corrected chi connectivity index (χ0v) is 10.7. The van der Waals surface area contributed by atoms with Crippen molar-refractivity contribution in [2.24, 2.45) is 0 Å². The van der Waals surface area contributed by atoms with Gasteiger partial charge >= 0.3 is 5.82 Å². The van der Waals surface area contributed by atoms with E-state index in [0.29, 0.717) is 11.7 Å². The molecule has 18 heavy (non-hydrogen) atoms. The number of hydrogen-bond donors (Lipinski definition) is 0. The summed E-state index contributed by atoms with van der Waals surface area (Å²) in [7, 11) is 0. The van der Waals surface area contributed by atoms with Gasteiger partial charge in [0.05, 0.1) is 0 Å². The van der Waals surface area contributed by atoms with Gasteiger partial charge in [0.25, 0.3) is 0 Å². The Morgan fingerprint density at radius 2 is 2.00 bits per heavy atom. The summed E-state index contributed by atoms with van der Waals surface area (Å²) >= 11 is 0. The van der Waals surface area contributed by atoms with E-state index in [-0.39, 0.29) is 5.82 Å². The quantitative estimate of drug-likeness (QED) is 0.601. The Hall–Kier alpha value is -1.69. The van der Waals surface area contributed by atoms with Crippen LogP contribution in [-0.2, 0) is 0 Å². The second kappa shape index (κ2) is 5.30. The van der Waals surface area contributed by atoms with Crippen molar-refractivity contribution >= 4 is 11.5 Å². The second-order valence-corrected chi connectivity index (χ2v) is 4.72. The summed E-state index contributed by atoms with van der Waals surface area (Å²) in [5.41, 5.74) is 0.630. The van der Waals surface area contributed by atoms with Crippen LogP contribution in [0, 0.1) is 10.1 Å². The highest BCUT2D eigenvalue weighted by molar-refractivity contribution is 5.59. The van der Waals surface area contributed by atoms with E-state index in [2.05, 4.69) is 23.7 Å². The summed E-state index contributed by atoms with van der Waals surface area (Å²) in [6, 6.07) is 4.05. The Bertz CT molecular complexity index is 428. The largest absolute Gasteiger partial charge is 0.387 e. The molecule has 0 amide bonds. The molecule has 0 aromatic carbocycles. The summed E-state index contributed by atoms with van der Waals surface area (Å²) in [5, 5.41) is 10.9. The normalized spacial score (nSPS) is 17.2. The van der Waals surface area contributed by atoms with Crippen LogP contribution in [0.2, 0.25) is 0 Å². The molecule has 6 nitrogen and oxygen atoms in total. The molecular formula is C12H18N4O2. The Labute approximate surface area is 106 Å². The van der Waals surface area contributed by atoms with Gasteiger partial charge in [0, 0.05) is 32.2 Å². The van der Waals surface area contributed by atoms with Gasteiger partial charge in [-0.05, 0) is 35.9 Å².